The van der Waals surface area contributed by atoms with E-state index >= 15 is 0 Å². The van der Waals surface area contributed by atoms with Gasteiger partial charge in [-0.2, -0.15) is 0 Å². The SMILES string of the molecule is CCc1sc(C(=O)Nc2ccc3c(c2)NC(=O)CO3)cc1C. The molecule has 2 amide bonds. The van der Waals surface area contributed by atoms with E-state index in [1.165, 1.54) is 16.2 Å². The predicted molar refractivity (Wildman–Crippen MR) is 87.0 cm³/mol. The average molecular weight is 316 g/mol. The van der Waals surface area contributed by atoms with E-state index in [0.29, 0.717) is 22.0 Å². The highest BCUT2D eigenvalue weighted by Crippen LogP contribution is 2.31. The van der Waals surface area contributed by atoms with E-state index in [1.54, 1.807) is 18.2 Å². The number of hydrogen-bond donors (Lipinski definition) is 2. The van der Waals surface area contributed by atoms with Crippen molar-refractivity contribution in [3.05, 3.63) is 39.6 Å². The number of hydrogen-bond acceptors (Lipinski definition) is 4. The summed E-state index contributed by atoms with van der Waals surface area (Å²) in [5.41, 5.74) is 2.34. The van der Waals surface area contributed by atoms with Crippen LogP contribution in [0.2, 0.25) is 0 Å². The third-order valence-corrected chi connectivity index (χ3v) is 4.82. The van der Waals surface area contributed by atoms with Gasteiger partial charge in [-0.05, 0) is 43.2 Å². The van der Waals surface area contributed by atoms with E-state index in [1.807, 2.05) is 13.0 Å². The number of thiophene rings is 1. The standard InChI is InChI=1S/C16H16N2O3S/c1-3-13-9(2)6-14(22-13)16(20)17-10-4-5-12-11(7-10)18-15(19)8-21-12/h4-7H,3,8H2,1-2H3,(H,17,20)(H,18,19). The Morgan fingerprint density at radius 2 is 2.23 bits per heavy atom. The first kappa shape index (κ1) is 14.6. The minimum atomic E-state index is -0.197. The van der Waals surface area contributed by atoms with Crippen LogP contribution in [-0.2, 0) is 11.2 Å². The molecule has 0 aliphatic carbocycles. The van der Waals surface area contributed by atoms with Crippen LogP contribution in [0, 0.1) is 6.92 Å². The number of carbonyl (C=O) groups excluding carboxylic acids is 2. The molecule has 0 bridgehead atoms. The maximum Gasteiger partial charge on any atom is 0.265 e. The van der Waals surface area contributed by atoms with Gasteiger partial charge in [0.2, 0.25) is 0 Å². The number of ether oxygens (including phenoxy) is 1. The topological polar surface area (TPSA) is 67.4 Å². The molecule has 2 N–H and O–H groups in total. The molecule has 0 fully saturated rings. The Labute approximate surface area is 132 Å². The van der Waals surface area contributed by atoms with Gasteiger partial charge >= 0.3 is 0 Å². The van der Waals surface area contributed by atoms with Crippen LogP contribution in [-0.4, -0.2) is 18.4 Å². The van der Waals surface area contributed by atoms with Gasteiger partial charge < -0.3 is 15.4 Å². The van der Waals surface area contributed by atoms with E-state index in [0.717, 1.165) is 12.0 Å². The molecular weight excluding hydrogens is 300 g/mol. The van der Waals surface area contributed by atoms with Crippen molar-refractivity contribution >= 4 is 34.5 Å². The second-order valence-corrected chi connectivity index (χ2v) is 6.21. The molecule has 0 saturated carbocycles. The maximum absolute atomic E-state index is 12.3. The van der Waals surface area contributed by atoms with Crippen molar-refractivity contribution in [2.24, 2.45) is 0 Å². The van der Waals surface area contributed by atoms with Crippen LogP contribution < -0.4 is 15.4 Å². The van der Waals surface area contributed by atoms with Crippen LogP contribution in [0.5, 0.6) is 5.75 Å². The van der Waals surface area contributed by atoms with Crippen LogP contribution in [0.3, 0.4) is 0 Å². The molecule has 1 aromatic heterocycles. The summed E-state index contributed by atoms with van der Waals surface area (Å²) in [5, 5.41) is 5.58. The van der Waals surface area contributed by atoms with Crippen LogP contribution in [0.25, 0.3) is 0 Å². The first-order valence-electron chi connectivity index (χ1n) is 7.04. The van der Waals surface area contributed by atoms with E-state index in [9.17, 15) is 9.59 Å². The number of amides is 2. The normalized spacial score (nSPS) is 13.1. The summed E-state index contributed by atoms with van der Waals surface area (Å²) in [6.07, 6.45) is 0.923. The molecule has 6 heteroatoms. The second-order valence-electron chi connectivity index (χ2n) is 5.07. The molecule has 1 aliphatic heterocycles. The Morgan fingerprint density at radius 1 is 1.41 bits per heavy atom. The minimum absolute atomic E-state index is 0.0208. The fourth-order valence-corrected chi connectivity index (χ4v) is 3.35. The average Bonchev–Trinajstić information content (AvgIpc) is 2.88. The van der Waals surface area contributed by atoms with Gasteiger partial charge in [-0.15, -0.1) is 11.3 Å². The number of carbonyl (C=O) groups is 2. The number of aryl methyl sites for hydroxylation is 2. The summed E-state index contributed by atoms with van der Waals surface area (Å²) >= 11 is 1.51. The highest BCUT2D eigenvalue weighted by molar-refractivity contribution is 7.14. The molecule has 0 spiro atoms. The summed E-state index contributed by atoms with van der Waals surface area (Å²) in [7, 11) is 0. The fraction of sp³-hybridized carbons (Fsp3) is 0.250. The van der Waals surface area contributed by atoms with Crippen molar-refractivity contribution in [1.29, 1.82) is 0 Å². The molecule has 1 aromatic carbocycles. The Kier molecular flexibility index (Phi) is 3.85. The lowest BCUT2D eigenvalue weighted by Gasteiger charge is -2.18. The monoisotopic (exact) mass is 316 g/mol. The molecule has 0 radical (unpaired) electrons. The lowest BCUT2D eigenvalue weighted by Crippen LogP contribution is -2.25. The molecule has 114 valence electrons. The number of rotatable bonds is 3. The summed E-state index contributed by atoms with van der Waals surface area (Å²) in [6, 6.07) is 7.10. The first-order chi connectivity index (χ1) is 10.6. The van der Waals surface area contributed by atoms with Crippen molar-refractivity contribution in [2.45, 2.75) is 20.3 Å². The maximum atomic E-state index is 12.3. The minimum Gasteiger partial charge on any atom is -0.482 e. The van der Waals surface area contributed by atoms with Gasteiger partial charge in [0, 0.05) is 10.6 Å². The van der Waals surface area contributed by atoms with Crippen molar-refractivity contribution < 1.29 is 14.3 Å². The lowest BCUT2D eigenvalue weighted by atomic mass is 10.2. The molecule has 1 aliphatic rings. The number of fused-ring (bicyclic) bond motifs is 1. The fourth-order valence-electron chi connectivity index (χ4n) is 2.34. The summed E-state index contributed by atoms with van der Waals surface area (Å²) in [5.74, 6) is 0.270. The van der Waals surface area contributed by atoms with Crippen molar-refractivity contribution in [3.63, 3.8) is 0 Å². The molecule has 0 unspecified atom stereocenters. The van der Waals surface area contributed by atoms with Crippen LogP contribution >= 0.6 is 11.3 Å². The highest BCUT2D eigenvalue weighted by Gasteiger charge is 2.17. The van der Waals surface area contributed by atoms with Gasteiger partial charge in [-0.1, -0.05) is 6.92 Å². The Hall–Kier alpha value is -2.34. The molecule has 0 atom stereocenters. The Bertz CT molecular complexity index is 752. The van der Waals surface area contributed by atoms with E-state index < -0.39 is 0 Å². The predicted octanol–water partition coefficient (Wildman–Crippen LogP) is 3.20. The van der Waals surface area contributed by atoms with Gasteiger partial charge in [-0.25, -0.2) is 0 Å². The zero-order chi connectivity index (χ0) is 15.7. The number of nitrogens with one attached hydrogen (secondary N) is 2. The van der Waals surface area contributed by atoms with Gasteiger partial charge in [0.1, 0.15) is 5.75 Å². The molecule has 5 nitrogen and oxygen atoms in total. The number of benzene rings is 1. The summed E-state index contributed by atoms with van der Waals surface area (Å²) in [4.78, 5) is 25.5. The highest BCUT2D eigenvalue weighted by atomic mass is 32.1. The van der Waals surface area contributed by atoms with Gasteiger partial charge in [0.15, 0.2) is 6.61 Å². The molecule has 2 heterocycles. The largest absolute Gasteiger partial charge is 0.482 e. The van der Waals surface area contributed by atoms with Crippen molar-refractivity contribution in [3.8, 4) is 5.75 Å². The Morgan fingerprint density at radius 3 is 2.95 bits per heavy atom. The van der Waals surface area contributed by atoms with E-state index in [4.69, 9.17) is 4.74 Å². The lowest BCUT2D eigenvalue weighted by molar-refractivity contribution is -0.118. The molecule has 3 rings (SSSR count). The number of anilines is 2. The zero-order valence-electron chi connectivity index (χ0n) is 12.4. The quantitative estimate of drug-likeness (QED) is 0.914. The smallest absolute Gasteiger partial charge is 0.265 e. The molecule has 22 heavy (non-hydrogen) atoms. The van der Waals surface area contributed by atoms with Crippen LogP contribution in [0.1, 0.15) is 27.0 Å². The molecular formula is C16H16N2O3S. The van der Waals surface area contributed by atoms with Crippen LogP contribution in [0.4, 0.5) is 11.4 Å². The Balaban J connectivity index is 1.79. The van der Waals surface area contributed by atoms with Crippen molar-refractivity contribution in [1.82, 2.24) is 0 Å². The van der Waals surface area contributed by atoms with Gasteiger partial charge in [-0.3, -0.25) is 9.59 Å². The van der Waals surface area contributed by atoms with Gasteiger partial charge in [0.25, 0.3) is 11.8 Å². The third-order valence-electron chi connectivity index (χ3n) is 3.44. The van der Waals surface area contributed by atoms with Gasteiger partial charge in [0.05, 0.1) is 10.6 Å². The zero-order valence-corrected chi connectivity index (χ0v) is 13.2. The van der Waals surface area contributed by atoms with E-state index in [2.05, 4.69) is 17.6 Å². The second kappa shape index (κ2) is 5.81. The first-order valence-corrected chi connectivity index (χ1v) is 7.86. The summed E-state index contributed by atoms with van der Waals surface area (Å²) < 4.78 is 5.29. The third kappa shape index (κ3) is 2.82. The summed E-state index contributed by atoms with van der Waals surface area (Å²) in [6.45, 7) is 4.11. The van der Waals surface area contributed by atoms with E-state index in [-0.39, 0.29) is 18.4 Å². The molecule has 0 saturated heterocycles. The van der Waals surface area contributed by atoms with Crippen molar-refractivity contribution in [2.75, 3.05) is 17.2 Å². The molecule has 2 aromatic rings. The van der Waals surface area contributed by atoms with Crippen LogP contribution in [0.15, 0.2) is 24.3 Å².